The molecule has 0 aliphatic carbocycles. The van der Waals surface area contributed by atoms with E-state index < -0.39 is 11.6 Å². The van der Waals surface area contributed by atoms with E-state index in [4.69, 9.17) is 4.74 Å². The van der Waals surface area contributed by atoms with Crippen LogP contribution in [0, 0.1) is 0 Å². The second-order valence-electron chi connectivity index (χ2n) is 4.51. The number of ether oxygens (including phenoxy) is 1. The summed E-state index contributed by atoms with van der Waals surface area (Å²) in [5, 5.41) is 16.6. The third-order valence-electron chi connectivity index (χ3n) is 2.70. The number of amides is 1. The van der Waals surface area contributed by atoms with Gasteiger partial charge in [-0.2, -0.15) is 5.10 Å². The van der Waals surface area contributed by atoms with Crippen LogP contribution in [-0.4, -0.2) is 51.6 Å². The fourth-order valence-corrected chi connectivity index (χ4v) is 1.37. The van der Waals surface area contributed by atoms with E-state index in [9.17, 15) is 9.90 Å². The van der Waals surface area contributed by atoms with Crippen molar-refractivity contribution >= 4 is 5.91 Å². The lowest BCUT2D eigenvalue weighted by molar-refractivity contribution is -0.125. The van der Waals surface area contributed by atoms with Gasteiger partial charge in [-0.15, -0.1) is 0 Å². The topological polar surface area (TPSA) is 89.3 Å². The van der Waals surface area contributed by atoms with Gasteiger partial charge in [-0.05, 0) is 13.8 Å². The third kappa shape index (κ3) is 4.42. The first-order valence-corrected chi connectivity index (χ1v) is 5.79. The van der Waals surface area contributed by atoms with Crippen molar-refractivity contribution in [2.24, 2.45) is 0 Å². The molecule has 0 radical (unpaired) electrons. The largest absolute Gasteiger partial charge is 0.388 e. The second-order valence-corrected chi connectivity index (χ2v) is 4.51. The minimum atomic E-state index is -0.978. The first kappa shape index (κ1) is 14.6. The number of aromatic nitrogens is 3. The molecule has 0 aromatic carbocycles. The number of hydrogen-bond acceptors (Lipinski definition) is 5. The molecule has 2 N–H and O–H groups in total. The molecule has 0 aliphatic rings. The molecule has 7 nitrogen and oxygen atoms in total. The van der Waals surface area contributed by atoms with Crippen LogP contribution in [0.25, 0.3) is 0 Å². The van der Waals surface area contributed by atoms with E-state index in [1.807, 2.05) is 0 Å². The predicted octanol–water partition coefficient (Wildman–Crippen LogP) is -0.257. The summed E-state index contributed by atoms with van der Waals surface area (Å²) in [7, 11) is 1.57. The normalized spacial score (nSPS) is 16.0. The van der Waals surface area contributed by atoms with E-state index in [1.54, 1.807) is 21.0 Å². The lowest BCUT2D eigenvalue weighted by Crippen LogP contribution is -2.43. The van der Waals surface area contributed by atoms with Crippen LogP contribution in [0.5, 0.6) is 0 Å². The Morgan fingerprint density at radius 2 is 2.39 bits per heavy atom. The number of nitrogens with zero attached hydrogens (tertiary/aromatic N) is 3. The summed E-state index contributed by atoms with van der Waals surface area (Å²) in [6, 6.07) is -0.453. The van der Waals surface area contributed by atoms with Crippen molar-refractivity contribution in [1.29, 1.82) is 0 Å². The highest BCUT2D eigenvalue weighted by Gasteiger charge is 2.23. The van der Waals surface area contributed by atoms with Gasteiger partial charge >= 0.3 is 0 Å². The van der Waals surface area contributed by atoms with Crippen molar-refractivity contribution in [3.8, 4) is 0 Å². The van der Waals surface area contributed by atoms with Crippen LogP contribution in [0.15, 0.2) is 12.7 Å². The number of rotatable bonds is 7. The van der Waals surface area contributed by atoms with Crippen molar-refractivity contribution in [3.63, 3.8) is 0 Å². The van der Waals surface area contributed by atoms with E-state index in [2.05, 4.69) is 15.4 Å². The third-order valence-corrected chi connectivity index (χ3v) is 2.70. The maximum absolute atomic E-state index is 11.8. The molecule has 1 rings (SSSR count). The van der Waals surface area contributed by atoms with E-state index in [1.165, 1.54) is 17.3 Å². The van der Waals surface area contributed by atoms with E-state index in [0.29, 0.717) is 13.0 Å². The number of hydrogen-bond donors (Lipinski definition) is 2. The van der Waals surface area contributed by atoms with Gasteiger partial charge in [-0.1, -0.05) is 0 Å². The van der Waals surface area contributed by atoms with Crippen LogP contribution in [0.3, 0.4) is 0 Å². The van der Waals surface area contributed by atoms with Crippen molar-refractivity contribution in [1.82, 2.24) is 20.1 Å². The summed E-state index contributed by atoms with van der Waals surface area (Å²) in [5.41, 5.74) is -0.978. The molecule has 0 spiro atoms. The number of nitrogens with one attached hydrogen (secondary N) is 1. The molecule has 7 heteroatoms. The Hall–Kier alpha value is -1.47. The van der Waals surface area contributed by atoms with E-state index >= 15 is 0 Å². The van der Waals surface area contributed by atoms with Crippen LogP contribution < -0.4 is 5.32 Å². The molecule has 2 atom stereocenters. The molecule has 18 heavy (non-hydrogen) atoms. The van der Waals surface area contributed by atoms with Gasteiger partial charge in [-0.3, -0.25) is 4.79 Å². The molecule has 1 aromatic rings. The molecule has 0 bridgehead atoms. The maximum atomic E-state index is 11.8. The molecular weight excluding hydrogens is 236 g/mol. The van der Waals surface area contributed by atoms with Crippen molar-refractivity contribution in [2.45, 2.75) is 31.9 Å². The molecule has 1 amide bonds. The Morgan fingerprint density at radius 3 is 2.94 bits per heavy atom. The second kappa shape index (κ2) is 6.46. The lowest BCUT2D eigenvalue weighted by atomic mass is 10.0. The fraction of sp³-hybridized carbons (Fsp3) is 0.727. The van der Waals surface area contributed by atoms with Crippen molar-refractivity contribution in [2.75, 3.05) is 20.3 Å². The van der Waals surface area contributed by atoms with Crippen molar-refractivity contribution < 1.29 is 14.6 Å². The van der Waals surface area contributed by atoms with Gasteiger partial charge in [0, 0.05) is 26.7 Å². The Balaban J connectivity index is 2.41. The molecular formula is C11H20N4O3. The average Bonchev–Trinajstić information content (AvgIpc) is 2.86. The van der Waals surface area contributed by atoms with Gasteiger partial charge in [0.1, 0.15) is 18.7 Å². The first-order chi connectivity index (χ1) is 8.46. The molecule has 2 unspecified atom stereocenters. The minimum Gasteiger partial charge on any atom is -0.388 e. The van der Waals surface area contributed by atoms with E-state index in [-0.39, 0.29) is 12.5 Å². The zero-order chi connectivity index (χ0) is 13.6. The van der Waals surface area contributed by atoms with Gasteiger partial charge in [0.2, 0.25) is 5.91 Å². The van der Waals surface area contributed by atoms with Gasteiger partial charge in [-0.25, -0.2) is 9.67 Å². The van der Waals surface area contributed by atoms with Crippen LogP contribution >= 0.6 is 0 Å². The monoisotopic (exact) mass is 256 g/mol. The molecule has 102 valence electrons. The Kier molecular flexibility index (Phi) is 5.24. The summed E-state index contributed by atoms with van der Waals surface area (Å²) in [6.45, 7) is 4.00. The zero-order valence-electron chi connectivity index (χ0n) is 11.0. The van der Waals surface area contributed by atoms with Gasteiger partial charge in [0.15, 0.2) is 0 Å². The predicted molar refractivity (Wildman–Crippen MR) is 64.9 cm³/mol. The minimum absolute atomic E-state index is 0.175. The van der Waals surface area contributed by atoms with Gasteiger partial charge in [0.25, 0.3) is 0 Å². The summed E-state index contributed by atoms with van der Waals surface area (Å²) < 4.78 is 6.35. The van der Waals surface area contributed by atoms with Gasteiger partial charge < -0.3 is 15.2 Å². The summed E-state index contributed by atoms with van der Waals surface area (Å²) >= 11 is 0. The van der Waals surface area contributed by atoms with E-state index in [0.717, 1.165) is 0 Å². The molecule has 1 heterocycles. The number of aliphatic hydroxyl groups is 1. The van der Waals surface area contributed by atoms with Crippen LogP contribution in [0.1, 0.15) is 26.3 Å². The molecule has 0 saturated heterocycles. The number of methoxy groups -OCH3 is 1. The van der Waals surface area contributed by atoms with Crippen LogP contribution in [-0.2, 0) is 9.53 Å². The highest BCUT2D eigenvalue weighted by atomic mass is 16.5. The molecule has 0 fully saturated rings. The average molecular weight is 256 g/mol. The number of carbonyl (C=O) groups excluding carboxylic acids is 1. The standard InChI is InChI=1S/C11H20N4O3/c1-9(15-8-12-7-14-15)10(16)13-6-11(2,17)4-5-18-3/h7-9,17H,4-6H2,1-3H3,(H,13,16). The smallest absolute Gasteiger partial charge is 0.244 e. The van der Waals surface area contributed by atoms with Crippen LogP contribution in [0.4, 0.5) is 0 Å². The maximum Gasteiger partial charge on any atom is 0.244 e. The highest BCUT2D eigenvalue weighted by Crippen LogP contribution is 2.09. The summed E-state index contributed by atoms with van der Waals surface area (Å²) in [5.74, 6) is -0.210. The van der Waals surface area contributed by atoms with Crippen LogP contribution in [0.2, 0.25) is 0 Å². The highest BCUT2D eigenvalue weighted by molar-refractivity contribution is 5.79. The lowest BCUT2D eigenvalue weighted by Gasteiger charge is -2.24. The summed E-state index contributed by atoms with van der Waals surface area (Å²) in [4.78, 5) is 15.6. The molecule has 1 aromatic heterocycles. The molecule has 0 aliphatic heterocycles. The SMILES string of the molecule is COCCC(C)(O)CNC(=O)C(C)n1cncn1. The Labute approximate surface area is 106 Å². The Morgan fingerprint density at radius 1 is 1.67 bits per heavy atom. The molecule has 0 saturated carbocycles. The first-order valence-electron chi connectivity index (χ1n) is 5.79. The quantitative estimate of drug-likeness (QED) is 0.701. The Bertz CT molecular complexity index is 364. The number of carbonyl (C=O) groups is 1. The van der Waals surface area contributed by atoms with Gasteiger partial charge in [0.05, 0.1) is 5.60 Å². The van der Waals surface area contributed by atoms with Crippen molar-refractivity contribution in [3.05, 3.63) is 12.7 Å². The summed E-state index contributed by atoms with van der Waals surface area (Å²) in [6.07, 6.45) is 3.31. The fourth-order valence-electron chi connectivity index (χ4n) is 1.37. The zero-order valence-corrected chi connectivity index (χ0v) is 11.0.